The third kappa shape index (κ3) is 4.36. The van der Waals surface area contributed by atoms with E-state index in [1.54, 1.807) is 16.9 Å². The molecular weight excluding hydrogens is 381 g/mol. The standard InChI is InChI=1S/C20H25ClFN5O/c21-18-12-16(22)7-6-15(18)13-27-14-19(23-24-27)20(28)26-10-8-25(9-11-26)17-4-2-1-3-5-17/h6-7,12,14,17H,1-5,8-11,13H2. The van der Waals surface area contributed by atoms with Gasteiger partial charge in [0.15, 0.2) is 5.69 Å². The van der Waals surface area contributed by atoms with Crippen molar-refractivity contribution in [3.05, 3.63) is 46.5 Å². The molecule has 2 heterocycles. The highest BCUT2D eigenvalue weighted by molar-refractivity contribution is 6.31. The highest BCUT2D eigenvalue weighted by Gasteiger charge is 2.28. The molecule has 1 saturated heterocycles. The second-order valence-electron chi connectivity index (χ2n) is 7.66. The zero-order valence-electron chi connectivity index (χ0n) is 15.9. The maximum atomic E-state index is 13.2. The molecule has 2 fully saturated rings. The zero-order chi connectivity index (χ0) is 19.5. The van der Waals surface area contributed by atoms with Crippen LogP contribution in [-0.4, -0.2) is 62.9 Å². The van der Waals surface area contributed by atoms with Gasteiger partial charge in [-0.25, -0.2) is 9.07 Å². The summed E-state index contributed by atoms with van der Waals surface area (Å²) in [6.45, 7) is 3.65. The fraction of sp³-hybridized carbons (Fsp3) is 0.550. The van der Waals surface area contributed by atoms with Crippen LogP contribution in [0.3, 0.4) is 0 Å². The summed E-state index contributed by atoms with van der Waals surface area (Å²) < 4.78 is 14.7. The molecule has 1 amide bonds. The van der Waals surface area contributed by atoms with E-state index >= 15 is 0 Å². The number of amides is 1. The van der Waals surface area contributed by atoms with E-state index in [-0.39, 0.29) is 11.7 Å². The van der Waals surface area contributed by atoms with Gasteiger partial charge in [0.1, 0.15) is 5.82 Å². The van der Waals surface area contributed by atoms with Crippen LogP contribution < -0.4 is 0 Å². The molecule has 1 aliphatic carbocycles. The first-order valence-corrected chi connectivity index (χ1v) is 10.4. The molecule has 0 radical (unpaired) electrons. The van der Waals surface area contributed by atoms with Crippen LogP contribution in [0.15, 0.2) is 24.4 Å². The van der Waals surface area contributed by atoms with Crippen molar-refractivity contribution in [1.29, 1.82) is 0 Å². The predicted octanol–water partition coefficient (Wildman–Crippen LogP) is 3.21. The molecule has 0 spiro atoms. The predicted molar refractivity (Wildman–Crippen MR) is 105 cm³/mol. The summed E-state index contributed by atoms with van der Waals surface area (Å²) in [5.41, 5.74) is 1.07. The molecule has 150 valence electrons. The molecule has 2 aliphatic rings. The van der Waals surface area contributed by atoms with Crippen LogP contribution in [0.5, 0.6) is 0 Å². The van der Waals surface area contributed by atoms with Crippen molar-refractivity contribution in [2.24, 2.45) is 0 Å². The summed E-state index contributed by atoms with van der Waals surface area (Å²) in [6.07, 6.45) is 8.21. The van der Waals surface area contributed by atoms with Crippen molar-refractivity contribution in [1.82, 2.24) is 24.8 Å². The Morgan fingerprint density at radius 3 is 2.61 bits per heavy atom. The summed E-state index contributed by atoms with van der Waals surface area (Å²) in [4.78, 5) is 17.2. The molecule has 8 heteroatoms. The number of carbonyl (C=O) groups is 1. The molecule has 28 heavy (non-hydrogen) atoms. The summed E-state index contributed by atoms with van der Waals surface area (Å²) in [5.74, 6) is -0.463. The molecule has 1 aliphatic heterocycles. The monoisotopic (exact) mass is 405 g/mol. The minimum atomic E-state index is -0.379. The highest BCUT2D eigenvalue weighted by atomic mass is 35.5. The third-order valence-electron chi connectivity index (χ3n) is 5.80. The average molecular weight is 406 g/mol. The number of aromatic nitrogens is 3. The largest absolute Gasteiger partial charge is 0.335 e. The number of hydrogen-bond acceptors (Lipinski definition) is 4. The molecule has 0 N–H and O–H groups in total. The van der Waals surface area contributed by atoms with Gasteiger partial charge >= 0.3 is 0 Å². The van der Waals surface area contributed by atoms with Gasteiger partial charge in [-0.05, 0) is 30.5 Å². The number of hydrogen-bond donors (Lipinski definition) is 0. The van der Waals surface area contributed by atoms with Gasteiger partial charge in [0, 0.05) is 37.2 Å². The normalized spacial score (nSPS) is 19.1. The van der Waals surface area contributed by atoms with Gasteiger partial charge in [0.2, 0.25) is 0 Å². The van der Waals surface area contributed by atoms with E-state index in [0.717, 1.165) is 31.7 Å². The van der Waals surface area contributed by atoms with Gasteiger partial charge in [-0.2, -0.15) is 0 Å². The first kappa shape index (κ1) is 19.3. The number of carbonyl (C=O) groups excluding carboxylic acids is 1. The van der Waals surface area contributed by atoms with Crippen molar-refractivity contribution >= 4 is 17.5 Å². The van der Waals surface area contributed by atoms with Gasteiger partial charge in [0.25, 0.3) is 5.91 Å². The van der Waals surface area contributed by atoms with Gasteiger partial charge < -0.3 is 4.90 Å². The van der Waals surface area contributed by atoms with Crippen LogP contribution in [0.1, 0.15) is 48.2 Å². The van der Waals surface area contributed by atoms with E-state index in [4.69, 9.17) is 11.6 Å². The molecule has 1 saturated carbocycles. The Kier molecular flexibility index (Phi) is 5.92. The second-order valence-corrected chi connectivity index (χ2v) is 8.06. The van der Waals surface area contributed by atoms with Gasteiger partial charge in [0.05, 0.1) is 12.7 Å². The SMILES string of the molecule is O=C(c1cn(Cc2ccc(F)cc2Cl)nn1)N1CCN(C2CCCCC2)CC1. The number of halogens is 2. The van der Waals surface area contributed by atoms with Crippen molar-refractivity contribution in [2.45, 2.75) is 44.7 Å². The Hall–Kier alpha value is -1.99. The lowest BCUT2D eigenvalue weighted by Gasteiger charge is -2.40. The van der Waals surface area contributed by atoms with Crippen LogP contribution in [0.25, 0.3) is 0 Å². The lowest BCUT2D eigenvalue weighted by atomic mass is 9.94. The molecule has 4 rings (SSSR count). The smallest absolute Gasteiger partial charge is 0.276 e. The third-order valence-corrected chi connectivity index (χ3v) is 6.15. The first-order valence-electron chi connectivity index (χ1n) is 9.97. The Balaban J connectivity index is 1.34. The van der Waals surface area contributed by atoms with Gasteiger partial charge in [-0.3, -0.25) is 9.69 Å². The molecule has 0 bridgehead atoms. The van der Waals surface area contributed by atoms with E-state index in [0.29, 0.717) is 23.3 Å². The second kappa shape index (κ2) is 8.57. The molecule has 2 aromatic rings. The number of rotatable bonds is 4. The topological polar surface area (TPSA) is 54.3 Å². The van der Waals surface area contributed by atoms with Gasteiger partial charge in [-0.15, -0.1) is 5.10 Å². The first-order chi connectivity index (χ1) is 13.6. The quantitative estimate of drug-likeness (QED) is 0.783. The van der Waals surface area contributed by atoms with E-state index in [1.165, 1.54) is 44.2 Å². The lowest BCUT2D eigenvalue weighted by molar-refractivity contribution is 0.0518. The van der Waals surface area contributed by atoms with E-state index in [1.807, 2.05) is 4.90 Å². The number of nitrogens with zero attached hydrogens (tertiary/aromatic N) is 5. The summed E-state index contributed by atoms with van der Waals surface area (Å²) >= 11 is 6.07. The van der Waals surface area contributed by atoms with Gasteiger partial charge in [-0.1, -0.05) is 42.1 Å². The fourth-order valence-corrected chi connectivity index (χ4v) is 4.42. The lowest BCUT2D eigenvalue weighted by Crippen LogP contribution is -2.52. The Morgan fingerprint density at radius 1 is 1.14 bits per heavy atom. The Morgan fingerprint density at radius 2 is 1.89 bits per heavy atom. The van der Waals surface area contributed by atoms with E-state index in [2.05, 4.69) is 15.2 Å². The average Bonchev–Trinajstić information content (AvgIpc) is 3.19. The number of piperazine rings is 1. The van der Waals surface area contributed by atoms with Crippen molar-refractivity contribution in [3.8, 4) is 0 Å². The van der Waals surface area contributed by atoms with Crippen molar-refractivity contribution in [2.75, 3.05) is 26.2 Å². The molecule has 1 aromatic carbocycles. The van der Waals surface area contributed by atoms with Crippen LogP contribution in [0.2, 0.25) is 5.02 Å². The molecule has 0 atom stereocenters. The summed E-state index contributed by atoms with van der Waals surface area (Å²) in [7, 11) is 0. The molecule has 0 unspecified atom stereocenters. The van der Waals surface area contributed by atoms with Crippen LogP contribution in [0.4, 0.5) is 4.39 Å². The van der Waals surface area contributed by atoms with Crippen LogP contribution in [-0.2, 0) is 6.54 Å². The summed E-state index contributed by atoms with van der Waals surface area (Å²) in [5, 5.41) is 8.41. The highest BCUT2D eigenvalue weighted by Crippen LogP contribution is 2.24. The number of benzene rings is 1. The van der Waals surface area contributed by atoms with Crippen molar-refractivity contribution in [3.63, 3.8) is 0 Å². The van der Waals surface area contributed by atoms with Crippen LogP contribution >= 0.6 is 11.6 Å². The molecule has 1 aromatic heterocycles. The molecular formula is C20H25ClFN5O. The zero-order valence-corrected chi connectivity index (χ0v) is 16.6. The molecule has 6 nitrogen and oxygen atoms in total. The van der Waals surface area contributed by atoms with Crippen molar-refractivity contribution < 1.29 is 9.18 Å². The Labute approximate surface area is 169 Å². The summed E-state index contributed by atoms with van der Waals surface area (Å²) in [6, 6.07) is 4.93. The minimum absolute atomic E-state index is 0.0836. The van der Waals surface area contributed by atoms with Crippen LogP contribution in [0, 0.1) is 5.82 Å². The van der Waals surface area contributed by atoms with E-state index in [9.17, 15) is 9.18 Å². The minimum Gasteiger partial charge on any atom is -0.335 e. The fourth-order valence-electron chi connectivity index (χ4n) is 4.20. The maximum absolute atomic E-state index is 13.2. The Bertz CT molecular complexity index is 828. The van der Waals surface area contributed by atoms with E-state index < -0.39 is 0 Å². The maximum Gasteiger partial charge on any atom is 0.276 e.